The second-order valence-electron chi connectivity index (χ2n) is 6.27. The number of nitrogens with one attached hydrogen (secondary N) is 1. The van der Waals surface area contributed by atoms with Gasteiger partial charge in [-0.25, -0.2) is 15.0 Å². The molecule has 0 fully saturated rings. The van der Waals surface area contributed by atoms with Gasteiger partial charge in [-0.3, -0.25) is 5.43 Å². The molecule has 1 N–H and O–H groups in total. The summed E-state index contributed by atoms with van der Waals surface area (Å²) in [5.74, 6) is 2.51. The maximum atomic E-state index is 5.18. The number of methoxy groups -OCH3 is 1. The largest absolute Gasteiger partial charge is 0.481 e. The summed E-state index contributed by atoms with van der Waals surface area (Å²) in [6, 6.07) is 9.30. The number of anilines is 2. The van der Waals surface area contributed by atoms with Crippen LogP contribution in [0.1, 0.15) is 5.56 Å². The molecule has 0 aliphatic rings. The zero-order chi connectivity index (χ0) is 20.2. The Balaban J connectivity index is 1.58. The third-order valence-electron chi connectivity index (χ3n) is 4.11. The van der Waals surface area contributed by atoms with Crippen LogP contribution in [0.4, 0.5) is 11.6 Å². The lowest BCUT2D eigenvalue weighted by Crippen LogP contribution is -2.10. The third kappa shape index (κ3) is 3.81. The lowest BCUT2D eigenvalue weighted by atomic mass is 10.3. The van der Waals surface area contributed by atoms with Gasteiger partial charge in [0.1, 0.15) is 12.1 Å². The van der Waals surface area contributed by atoms with E-state index in [9.17, 15) is 0 Å². The summed E-state index contributed by atoms with van der Waals surface area (Å²) in [5, 5.41) is 9.36. The van der Waals surface area contributed by atoms with E-state index < -0.39 is 0 Å². The van der Waals surface area contributed by atoms with Crippen molar-refractivity contribution in [2.45, 2.75) is 0 Å². The van der Waals surface area contributed by atoms with E-state index in [2.05, 4.69) is 35.6 Å². The molecule has 0 saturated carbocycles. The van der Waals surface area contributed by atoms with Crippen molar-refractivity contribution in [3.63, 3.8) is 0 Å². The Labute approximate surface area is 166 Å². The van der Waals surface area contributed by atoms with Gasteiger partial charge in [0.15, 0.2) is 17.3 Å². The first kappa shape index (κ1) is 18.3. The van der Waals surface area contributed by atoms with Crippen LogP contribution in [-0.2, 0) is 0 Å². The van der Waals surface area contributed by atoms with Gasteiger partial charge in [0.2, 0.25) is 5.88 Å². The summed E-state index contributed by atoms with van der Waals surface area (Å²) >= 11 is 0. The minimum absolute atomic E-state index is 0.497. The molecule has 10 nitrogen and oxygen atoms in total. The van der Waals surface area contributed by atoms with Crippen molar-refractivity contribution in [2.75, 3.05) is 31.5 Å². The van der Waals surface area contributed by atoms with Gasteiger partial charge in [-0.15, -0.1) is 0 Å². The average Bonchev–Trinajstić information content (AvgIpc) is 3.19. The molecule has 10 heteroatoms. The molecule has 0 aliphatic heterocycles. The van der Waals surface area contributed by atoms with Crippen molar-refractivity contribution in [3.05, 3.63) is 54.6 Å². The van der Waals surface area contributed by atoms with Crippen molar-refractivity contribution < 1.29 is 4.74 Å². The summed E-state index contributed by atoms with van der Waals surface area (Å²) in [5.41, 5.74) is 4.41. The van der Waals surface area contributed by atoms with E-state index in [4.69, 9.17) is 4.74 Å². The van der Waals surface area contributed by atoms with Gasteiger partial charge in [-0.1, -0.05) is 6.07 Å². The first-order valence-electron chi connectivity index (χ1n) is 8.78. The Hall–Kier alpha value is -4.08. The number of hydrazone groups is 1. The van der Waals surface area contributed by atoms with E-state index in [-0.39, 0.29) is 0 Å². The minimum atomic E-state index is 0.497. The Bertz CT molecular complexity index is 1150. The standard InChI is InChI=1S/C19H19N9O/c1-27(2)15-8-7-13(9-20-15)10-23-26-18-14-11-24-28(19(14)22-12-21-18)16-5-4-6-17(25-16)29-3/h4-12H,1-3H3,(H,21,22,26)/b23-10+. The molecule has 0 aromatic carbocycles. The summed E-state index contributed by atoms with van der Waals surface area (Å²) in [7, 11) is 5.46. The van der Waals surface area contributed by atoms with Gasteiger partial charge in [0.25, 0.3) is 0 Å². The van der Waals surface area contributed by atoms with Crippen LogP contribution in [0.2, 0.25) is 0 Å². The molecular formula is C19H19N9O. The predicted octanol–water partition coefficient (Wildman–Crippen LogP) is 2.13. The van der Waals surface area contributed by atoms with Crippen LogP contribution in [0.5, 0.6) is 5.88 Å². The predicted molar refractivity (Wildman–Crippen MR) is 111 cm³/mol. The van der Waals surface area contributed by atoms with E-state index in [0.29, 0.717) is 23.2 Å². The summed E-state index contributed by atoms with van der Waals surface area (Å²) in [6.45, 7) is 0. The molecule has 0 unspecified atom stereocenters. The number of hydrogen-bond acceptors (Lipinski definition) is 9. The quantitative estimate of drug-likeness (QED) is 0.395. The normalized spacial score (nSPS) is 11.1. The van der Waals surface area contributed by atoms with Gasteiger partial charge in [-0.05, 0) is 18.2 Å². The van der Waals surface area contributed by atoms with E-state index in [0.717, 1.165) is 16.8 Å². The van der Waals surface area contributed by atoms with Gasteiger partial charge in [0.05, 0.1) is 24.9 Å². The number of nitrogens with zero attached hydrogens (tertiary/aromatic N) is 8. The van der Waals surface area contributed by atoms with Crippen molar-refractivity contribution in [3.8, 4) is 11.7 Å². The zero-order valence-electron chi connectivity index (χ0n) is 16.2. The molecule has 4 aromatic rings. The Morgan fingerprint density at radius 3 is 2.76 bits per heavy atom. The van der Waals surface area contributed by atoms with Gasteiger partial charge in [0, 0.05) is 31.9 Å². The highest BCUT2D eigenvalue weighted by Crippen LogP contribution is 2.21. The van der Waals surface area contributed by atoms with E-state index in [1.807, 2.05) is 43.3 Å². The first-order valence-corrected chi connectivity index (χ1v) is 8.78. The van der Waals surface area contributed by atoms with Crippen LogP contribution in [0.3, 0.4) is 0 Å². The fourth-order valence-electron chi connectivity index (χ4n) is 2.64. The van der Waals surface area contributed by atoms with Crippen molar-refractivity contribution >= 4 is 28.9 Å². The summed E-state index contributed by atoms with van der Waals surface area (Å²) < 4.78 is 6.80. The van der Waals surface area contributed by atoms with Gasteiger partial charge < -0.3 is 9.64 Å². The Morgan fingerprint density at radius 2 is 2.00 bits per heavy atom. The molecule has 0 saturated heterocycles. The number of rotatable bonds is 6. The monoisotopic (exact) mass is 389 g/mol. The van der Waals surface area contributed by atoms with Crippen LogP contribution in [-0.4, -0.2) is 57.1 Å². The van der Waals surface area contributed by atoms with Crippen LogP contribution in [0, 0.1) is 0 Å². The minimum Gasteiger partial charge on any atom is -0.481 e. The van der Waals surface area contributed by atoms with Crippen LogP contribution in [0.15, 0.2) is 54.2 Å². The maximum Gasteiger partial charge on any atom is 0.214 e. The molecule has 0 atom stereocenters. The van der Waals surface area contributed by atoms with E-state index in [1.54, 1.807) is 36.5 Å². The fraction of sp³-hybridized carbons (Fsp3) is 0.158. The molecule has 0 spiro atoms. The molecule has 29 heavy (non-hydrogen) atoms. The number of fused-ring (bicyclic) bond motifs is 1. The highest BCUT2D eigenvalue weighted by atomic mass is 16.5. The molecule has 0 aliphatic carbocycles. The number of ether oxygens (including phenoxy) is 1. The lowest BCUT2D eigenvalue weighted by Gasteiger charge is -2.10. The lowest BCUT2D eigenvalue weighted by molar-refractivity contribution is 0.397. The first-order chi connectivity index (χ1) is 14.2. The second-order valence-corrected chi connectivity index (χ2v) is 6.27. The van der Waals surface area contributed by atoms with Gasteiger partial charge in [-0.2, -0.15) is 19.9 Å². The topological polar surface area (TPSA) is 106 Å². The highest BCUT2D eigenvalue weighted by molar-refractivity contribution is 5.88. The number of hydrogen-bond donors (Lipinski definition) is 1. The summed E-state index contributed by atoms with van der Waals surface area (Å²) in [6.07, 6.45) is 6.55. The van der Waals surface area contributed by atoms with E-state index >= 15 is 0 Å². The van der Waals surface area contributed by atoms with Crippen LogP contribution in [0.25, 0.3) is 16.9 Å². The average molecular weight is 389 g/mol. The van der Waals surface area contributed by atoms with Gasteiger partial charge >= 0.3 is 0 Å². The zero-order valence-corrected chi connectivity index (χ0v) is 16.2. The van der Waals surface area contributed by atoms with Crippen molar-refractivity contribution in [1.29, 1.82) is 0 Å². The molecule has 4 rings (SSSR count). The molecule has 0 bridgehead atoms. The Morgan fingerprint density at radius 1 is 1.10 bits per heavy atom. The van der Waals surface area contributed by atoms with Crippen LogP contribution < -0.4 is 15.1 Å². The smallest absolute Gasteiger partial charge is 0.214 e. The molecule has 146 valence electrons. The van der Waals surface area contributed by atoms with Crippen molar-refractivity contribution in [2.24, 2.45) is 5.10 Å². The van der Waals surface area contributed by atoms with Crippen molar-refractivity contribution in [1.82, 2.24) is 29.7 Å². The molecule has 0 amide bonds. The maximum absolute atomic E-state index is 5.18. The van der Waals surface area contributed by atoms with E-state index in [1.165, 1.54) is 6.33 Å². The highest BCUT2D eigenvalue weighted by Gasteiger charge is 2.12. The molecular weight excluding hydrogens is 370 g/mol. The SMILES string of the molecule is COc1cccc(-n2ncc3c(N/N=C/c4ccc(N(C)C)nc4)ncnc32)n1. The second kappa shape index (κ2) is 7.89. The number of pyridine rings is 2. The summed E-state index contributed by atoms with van der Waals surface area (Å²) in [4.78, 5) is 19.3. The third-order valence-corrected chi connectivity index (χ3v) is 4.11. The van der Waals surface area contributed by atoms with Crippen LogP contribution >= 0.6 is 0 Å². The molecule has 4 aromatic heterocycles. The molecule has 0 radical (unpaired) electrons. The number of aromatic nitrogens is 6. The molecule has 4 heterocycles. The Kier molecular flexibility index (Phi) is 4.97. The fourth-order valence-corrected chi connectivity index (χ4v) is 2.64.